The summed E-state index contributed by atoms with van der Waals surface area (Å²) in [5, 5.41) is 1.19. The van der Waals surface area contributed by atoms with Gasteiger partial charge in [-0.15, -0.1) is 0 Å². The molecule has 3 aromatic rings. The molecule has 2 aromatic heterocycles. The molecule has 2 nitrogen and oxygen atoms in total. The van der Waals surface area contributed by atoms with E-state index in [2.05, 4.69) is 75.9 Å². The molecule has 2 heterocycles. The molecule has 0 radical (unpaired) electrons. The van der Waals surface area contributed by atoms with Crippen LogP contribution in [-0.4, -0.2) is 9.97 Å². The molecule has 0 aliphatic heterocycles. The molecule has 3 heteroatoms. The lowest BCUT2D eigenvalue weighted by atomic mass is 10.1. The molecule has 0 atom stereocenters. The van der Waals surface area contributed by atoms with Crippen LogP contribution in [-0.2, 0) is 6.42 Å². The molecule has 0 spiro atoms. The first-order chi connectivity index (χ1) is 8.70. The number of aryl methyl sites for hydroxylation is 1. The largest absolute Gasteiger partial charge is 0.344 e. The molecule has 0 aliphatic carbocycles. The quantitative estimate of drug-likeness (QED) is 0.695. The van der Waals surface area contributed by atoms with E-state index in [-0.39, 0.29) is 0 Å². The van der Waals surface area contributed by atoms with Crippen molar-refractivity contribution in [1.82, 2.24) is 9.97 Å². The molecule has 0 amide bonds. The predicted molar refractivity (Wildman–Crippen MR) is 82.8 cm³/mol. The maximum absolute atomic E-state index is 4.46. The van der Waals surface area contributed by atoms with Gasteiger partial charge >= 0.3 is 0 Å². The smallest absolute Gasteiger partial charge is 0.137 e. The SMILES string of the molecule is Cc1cc2cc(Cc3cccc(I)c3)cnc2[nH]1. The van der Waals surface area contributed by atoms with E-state index in [0.717, 1.165) is 17.8 Å². The maximum atomic E-state index is 4.46. The van der Waals surface area contributed by atoms with Crippen molar-refractivity contribution in [1.29, 1.82) is 0 Å². The fourth-order valence-electron chi connectivity index (χ4n) is 2.18. The van der Waals surface area contributed by atoms with Crippen LogP contribution in [0, 0.1) is 10.5 Å². The number of rotatable bonds is 2. The van der Waals surface area contributed by atoms with Gasteiger partial charge < -0.3 is 4.98 Å². The van der Waals surface area contributed by atoms with E-state index in [1.807, 2.05) is 6.20 Å². The molecule has 0 saturated carbocycles. The molecule has 0 unspecified atom stereocenters. The Labute approximate surface area is 120 Å². The number of H-pyrrole nitrogens is 1. The van der Waals surface area contributed by atoms with Crippen LogP contribution in [0.4, 0.5) is 0 Å². The number of nitrogens with zero attached hydrogens (tertiary/aromatic N) is 1. The van der Waals surface area contributed by atoms with Gasteiger partial charge in [0.05, 0.1) is 0 Å². The number of aromatic nitrogens is 2. The van der Waals surface area contributed by atoms with Crippen LogP contribution in [0.25, 0.3) is 11.0 Å². The summed E-state index contributed by atoms with van der Waals surface area (Å²) in [6.07, 6.45) is 2.89. The highest BCUT2D eigenvalue weighted by molar-refractivity contribution is 14.1. The molecule has 0 aliphatic rings. The van der Waals surface area contributed by atoms with Gasteiger partial charge in [-0.1, -0.05) is 12.1 Å². The topological polar surface area (TPSA) is 28.7 Å². The Bertz CT molecular complexity index is 701. The van der Waals surface area contributed by atoms with E-state index in [0.29, 0.717) is 0 Å². The van der Waals surface area contributed by atoms with E-state index >= 15 is 0 Å². The van der Waals surface area contributed by atoms with Crippen molar-refractivity contribution in [3.8, 4) is 0 Å². The first kappa shape index (κ1) is 11.7. The molecule has 0 fully saturated rings. The molecule has 0 bridgehead atoms. The van der Waals surface area contributed by atoms with Gasteiger partial charge in [0.1, 0.15) is 5.65 Å². The first-order valence-corrected chi connectivity index (χ1v) is 6.97. The Morgan fingerprint density at radius 2 is 2.06 bits per heavy atom. The van der Waals surface area contributed by atoms with Gasteiger partial charge in [0.15, 0.2) is 0 Å². The predicted octanol–water partition coefficient (Wildman–Crippen LogP) is 4.07. The van der Waals surface area contributed by atoms with Crippen molar-refractivity contribution >= 4 is 33.6 Å². The first-order valence-electron chi connectivity index (χ1n) is 5.89. The Hall–Kier alpha value is -1.36. The van der Waals surface area contributed by atoms with Crippen molar-refractivity contribution in [2.45, 2.75) is 13.3 Å². The van der Waals surface area contributed by atoms with Crippen LogP contribution < -0.4 is 0 Å². The van der Waals surface area contributed by atoms with E-state index in [4.69, 9.17) is 0 Å². The molecular weight excluding hydrogens is 335 g/mol. The van der Waals surface area contributed by atoms with Crippen molar-refractivity contribution in [2.24, 2.45) is 0 Å². The fraction of sp³-hybridized carbons (Fsp3) is 0.133. The normalized spacial score (nSPS) is 11.0. The molecule has 3 rings (SSSR count). The average Bonchev–Trinajstić information content (AvgIpc) is 2.68. The third-order valence-electron chi connectivity index (χ3n) is 2.96. The van der Waals surface area contributed by atoms with Crippen LogP contribution >= 0.6 is 22.6 Å². The van der Waals surface area contributed by atoms with Crippen molar-refractivity contribution in [3.05, 3.63) is 63.0 Å². The van der Waals surface area contributed by atoms with Crippen molar-refractivity contribution in [2.75, 3.05) is 0 Å². The summed E-state index contributed by atoms with van der Waals surface area (Å²) in [5.41, 5.74) is 4.71. The van der Waals surface area contributed by atoms with Gasteiger partial charge in [0.25, 0.3) is 0 Å². The molecule has 0 saturated heterocycles. The highest BCUT2D eigenvalue weighted by atomic mass is 127. The second-order valence-corrected chi connectivity index (χ2v) is 5.79. The molecule has 1 N–H and O–H groups in total. The van der Waals surface area contributed by atoms with Gasteiger partial charge in [-0.2, -0.15) is 0 Å². The maximum Gasteiger partial charge on any atom is 0.137 e. The van der Waals surface area contributed by atoms with Crippen LogP contribution in [0.3, 0.4) is 0 Å². The summed E-state index contributed by atoms with van der Waals surface area (Å²) in [4.78, 5) is 7.71. The molecule has 1 aromatic carbocycles. The molecule has 90 valence electrons. The van der Waals surface area contributed by atoms with Gasteiger partial charge in [0, 0.05) is 20.8 Å². The van der Waals surface area contributed by atoms with E-state index < -0.39 is 0 Å². The zero-order valence-corrected chi connectivity index (χ0v) is 12.2. The van der Waals surface area contributed by atoms with Crippen LogP contribution in [0.5, 0.6) is 0 Å². The highest BCUT2D eigenvalue weighted by Crippen LogP contribution is 2.17. The number of pyridine rings is 1. The standard InChI is InChI=1S/C15H13IN2/c1-10-5-13-7-12(9-17-15(13)18-10)6-11-3-2-4-14(16)8-11/h2-5,7-9H,6H2,1H3,(H,17,18). The summed E-state index contributed by atoms with van der Waals surface area (Å²) >= 11 is 2.35. The number of halogens is 1. The van der Waals surface area contributed by atoms with Gasteiger partial charge in [0.2, 0.25) is 0 Å². The number of fused-ring (bicyclic) bond motifs is 1. The van der Waals surface area contributed by atoms with Gasteiger partial charge in [-0.25, -0.2) is 4.98 Å². The number of aromatic amines is 1. The van der Waals surface area contributed by atoms with E-state index in [9.17, 15) is 0 Å². The zero-order chi connectivity index (χ0) is 12.5. The third-order valence-corrected chi connectivity index (χ3v) is 3.63. The van der Waals surface area contributed by atoms with Crippen molar-refractivity contribution in [3.63, 3.8) is 0 Å². The van der Waals surface area contributed by atoms with Gasteiger partial charge in [-0.3, -0.25) is 0 Å². The molecular formula is C15H13IN2. The lowest BCUT2D eigenvalue weighted by molar-refractivity contribution is 1.15. The fourth-order valence-corrected chi connectivity index (χ4v) is 2.78. The highest BCUT2D eigenvalue weighted by Gasteiger charge is 2.02. The average molecular weight is 348 g/mol. The Balaban J connectivity index is 1.94. The summed E-state index contributed by atoms with van der Waals surface area (Å²) in [6.45, 7) is 2.06. The minimum Gasteiger partial charge on any atom is -0.344 e. The number of nitrogens with one attached hydrogen (secondary N) is 1. The minimum atomic E-state index is 0.935. The number of hydrogen-bond donors (Lipinski definition) is 1. The Morgan fingerprint density at radius 1 is 1.17 bits per heavy atom. The van der Waals surface area contributed by atoms with E-state index in [1.54, 1.807) is 0 Å². The zero-order valence-electron chi connectivity index (χ0n) is 10.1. The van der Waals surface area contributed by atoms with Crippen LogP contribution in [0.1, 0.15) is 16.8 Å². The Morgan fingerprint density at radius 3 is 2.89 bits per heavy atom. The lowest BCUT2D eigenvalue weighted by Gasteiger charge is -2.02. The number of hydrogen-bond acceptors (Lipinski definition) is 1. The third kappa shape index (κ3) is 2.41. The summed E-state index contributed by atoms with van der Waals surface area (Å²) in [7, 11) is 0. The molecule has 18 heavy (non-hydrogen) atoms. The number of benzene rings is 1. The second-order valence-electron chi connectivity index (χ2n) is 4.54. The van der Waals surface area contributed by atoms with Crippen LogP contribution in [0.15, 0.2) is 42.6 Å². The monoisotopic (exact) mass is 348 g/mol. The van der Waals surface area contributed by atoms with Gasteiger partial charge in [-0.05, 0) is 71.3 Å². The van der Waals surface area contributed by atoms with Crippen LogP contribution in [0.2, 0.25) is 0 Å². The summed E-state index contributed by atoms with van der Waals surface area (Å²) < 4.78 is 1.27. The lowest BCUT2D eigenvalue weighted by Crippen LogP contribution is -1.90. The Kier molecular flexibility index (Phi) is 3.07. The van der Waals surface area contributed by atoms with Crippen molar-refractivity contribution < 1.29 is 0 Å². The summed E-state index contributed by atoms with van der Waals surface area (Å²) in [5.74, 6) is 0. The van der Waals surface area contributed by atoms with E-state index in [1.165, 1.54) is 20.1 Å². The summed E-state index contributed by atoms with van der Waals surface area (Å²) in [6, 6.07) is 12.9. The minimum absolute atomic E-state index is 0.935. The second kappa shape index (κ2) is 4.72.